The van der Waals surface area contributed by atoms with Gasteiger partial charge in [0.25, 0.3) is 5.91 Å². The normalized spacial score (nSPS) is 14.9. The molecule has 0 aliphatic heterocycles. The highest BCUT2D eigenvalue weighted by Crippen LogP contribution is 2.26. The maximum atomic E-state index is 11.8. The number of carbonyl (C=O) groups excluding carboxylic acids is 1. The molecule has 0 radical (unpaired) electrons. The second-order valence-electron chi connectivity index (χ2n) is 5.01. The van der Waals surface area contributed by atoms with E-state index in [2.05, 4.69) is 17.6 Å². The number of nitrogens with one attached hydrogen (secondary N) is 2. The van der Waals surface area contributed by atoms with Crippen LogP contribution in [0.5, 0.6) is 0 Å². The molecule has 0 atom stereocenters. The Bertz CT molecular complexity index is 399. The first-order valence-electron chi connectivity index (χ1n) is 6.91. The fourth-order valence-electron chi connectivity index (χ4n) is 2.07. The van der Waals surface area contributed by atoms with Gasteiger partial charge in [0.15, 0.2) is 0 Å². The van der Waals surface area contributed by atoms with Crippen molar-refractivity contribution in [2.45, 2.75) is 32.6 Å². The Morgan fingerprint density at radius 1 is 1.39 bits per heavy atom. The zero-order chi connectivity index (χ0) is 12.8. The van der Waals surface area contributed by atoms with E-state index in [1.165, 1.54) is 19.3 Å². The number of hydrogen-bond donors (Lipinski definition) is 2. The lowest BCUT2D eigenvalue weighted by molar-refractivity contribution is 0.0953. The molecule has 1 fully saturated rings. The van der Waals surface area contributed by atoms with E-state index in [1.807, 2.05) is 24.3 Å². The van der Waals surface area contributed by atoms with Crippen LogP contribution in [0.25, 0.3) is 0 Å². The van der Waals surface area contributed by atoms with Crippen LogP contribution in [0.3, 0.4) is 0 Å². The van der Waals surface area contributed by atoms with Crippen LogP contribution < -0.4 is 10.6 Å². The van der Waals surface area contributed by atoms with Crippen molar-refractivity contribution < 1.29 is 4.79 Å². The molecule has 0 saturated heterocycles. The van der Waals surface area contributed by atoms with Crippen molar-refractivity contribution in [2.75, 3.05) is 18.4 Å². The number of amides is 1. The Kier molecular flexibility index (Phi) is 4.62. The van der Waals surface area contributed by atoms with Crippen LogP contribution in [0.4, 0.5) is 5.69 Å². The Balaban J connectivity index is 1.89. The van der Waals surface area contributed by atoms with Gasteiger partial charge in [-0.2, -0.15) is 0 Å². The quantitative estimate of drug-likeness (QED) is 0.810. The molecule has 0 aromatic heterocycles. The molecule has 0 bridgehead atoms. The molecule has 2 rings (SSSR count). The van der Waals surface area contributed by atoms with E-state index >= 15 is 0 Å². The van der Waals surface area contributed by atoms with Gasteiger partial charge in [0.2, 0.25) is 0 Å². The second-order valence-corrected chi connectivity index (χ2v) is 5.01. The molecule has 0 spiro atoms. The summed E-state index contributed by atoms with van der Waals surface area (Å²) < 4.78 is 0. The molecule has 0 heterocycles. The lowest BCUT2D eigenvalue weighted by Gasteiger charge is -2.25. The Morgan fingerprint density at radius 2 is 2.22 bits per heavy atom. The zero-order valence-electron chi connectivity index (χ0n) is 11.0. The van der Waals surface area contributed by atoms with E-state index in [-0.39, 0.29) is 5.91 Å². The fourth-order valence-corrected chi connectivity index (χ4v) is 2.07. The van der Waals surface area contributed by atoms with Gasteiger partial charge >= 0.3 is 0 Å². The van der Waals surface area contributed by atoms with E-state index in [9.17, 15) is 4.79 Å². The number of rotatable bonds is 6. The van der Waals surface area contributed by atoms with E-state index in [4.69, 9.17) is 0 Å². The molecule has 3 heteroatoms. The summed E-state index contributed by atoms with van der Waals surface area (Å²) in [6, 6.07) is 7.75. The van der Waals surface area contributed by atoms with Gasteiger partial charge in [-0.3, -0.25) is 4.79 Å². The van der Waals surface area contributed by atoms with Crippen molar-refractivity contribution >= 4 is 11.6 Å². The topological polar surface area (TPSA) is 41.1 Å². The molecule has 1 aliphatic carbocycles. The predicted molar refractivity (Wildman–Crippen MR) is 74.9 cm³/mol. The van der Waals surface area contributed by atoms with Crippen LogP contribution in [0, 0.1) is 5.92 Å². The highest BCUT2D eigenvalue weighted by molar-refractivity contribution is 5.95. The van der Waals surface area contributed by atoms with E-state index in [0.717, 1.165) is 36.7 Å². The van der Waals surface area contributed by atoms with Crippen LogP contribution in [0.15, 0.2) is 24.3 Å². The number of hydrogen-bond acceptors (Lipinski definition) is 2. The summed E-state index contributed by atoms with van der Waals surface area (Å²) in [7, 11) is 0. The molecular formula is C15H22N2O. The van der Waals surface area contributed by atoms with Gasteiger partial charge < -0.3 is 10.6 Å². The van der Waals surface area contributed by atoms with Crippen molar-refractivity contribution in [1.29, 1.82) is 0 Å². The smallest absolute Gasteiger partial charge is 0.251 e. The van der Waals surface area contributed by atoms with Gasteiger partial charge in [-0.25, -0.2) is 0 Å². The van der Waals surface area contributed by atoms with Crippen LogP contribution in [0.2, 0.25) is 0 Å². The molecule has 1 saturated carbocycles. The van der Waals surface area contributed by atoms with E-state index in [0.29, 0.717) is 0 Å². The van der Waals surface area contributed by atoms with Crippen molar-refractivity contribution in [1.82, 2.24) is 5.32 Å². The van der Waals surface area contributed by atoms with Crippen molar-refractivity contribution in [2.24, 2.45) is 5.92 Å². The average Bonchev–Trinajstić information content (AvgIpc) is 2.34. The first-order chi connectivity index (χ1) is 8.79. The fraction of sp³-hybridized carbons (Fsp3) is 0.533. The number of benzene rings is 1. The minimum absolute atomic E-state index is 0.0177. The van der Waals surface area contributed by atoms with Crippen LogP contribution >= 0.6 is 0 Å². The summed E-state index contributed by atoms with van der Waals surface area (Å²) in [4.78, 5) is 11.8. The van der Waals surface area contributed by atoms with Crippen molar-refractivity contribution in [3.05, 3.63) is 29.8 Å². The average molecular weight is 246 g/mol. The molecule has 1 amide bonds. The molecule has 98 valence electrons. The number of anilines is 1. The van der Waals surface area contributed by atoms with E-state index < -0.39 is 0 Å². The molecule has 0 unspecified atom stereocenters. The highest BCUT2D eigenvalue weighted by Gasteiger charge is 2.16. The summed E-state index contributed by atoms with van der Waals surface area (Å²) in [5.41, 5.74) is 1.79. The largest absolute Gasteiger partial charge is 0.385 e. The molecule has 1 aromatic carbocycles. The molecule has 18 heavy (non-hydrogen) atoms. The summed E-state index contributed by atoms with van der Waals surface area (Å²) in [5.74, 6) is 0.840. The first kappa shape index (κ1) is 12.9. The standard InChI is InChI=1S/C15H22N2O/c1-2-9-16-15(18)13-7-4-8-14(10-13)17-11-12-5-3-6-12/h4,7-8,10,12,17H,2-3,5-6,9,11H2,1H3,(H,16,18). The van der Waals surface area contributed by atoms with Crippen LogP contribution in [0.1, 0.15) is 43.0 Å². The summed E-state index contributed by atoms with van der Waals surface area (Å²) in [6.07, 6.45) is 5.00. The van der Waals surface area contributed by atoms with Gasteiger partial charge in [0.05, 0.1) is 0 Å². The zero-order valence-corrected chi connectivity index (χ0v) is 11.0. The molecule has 2 N–H and O–H groups in total. The monoisotopic (exact) mass is 246 g/mol. The van der Waals surface area contributed by atoms with Crippen LogP contribution in [-0.4, -0.2) is 19.0 Å². The minimum Gasteiger partial charge on any atom is -0.385 e. The molecule has 3 nitrogen and oxygen atoms in total. The van der Waals surface area contributed by atoms with Gasteiger partial charge in [-0.1, -0.05) is 19.4 Å². The lowest BCUT2D eigenvalue weighted by Crippen LogP contribution is -2.24. The summed E-state index contributed by atoms with van der Waals surface area (Å²) >= 11 is 0. The Morgan fingerprint density at radius 3 is 2.89 bits per heavy atom. The highest BCUT2D eigenvalue weighted by atomic mass is 16.1. The molecule has 1 aromatic rings. The van der Waals surface area contributed by atoms with Crippen LogP contribution in [-0.2, 0) is 0 Å². The SMILES string of the molecule is CCCNC(=O)c1cccc(NCC2CCC2)c1. The lowest BCUT2D eigenvalue weighted by atomic mass is 9.85. The van der Waals surface area contributed by atoms with E-state index in [1.54, 1.807) is 0 Å². The maximum Gasteiger partial charge on any atom is 0.251 e. The Labute approximate surface area is 109 Å². The second kappa shape index (κ2) is 6.43. The van der Waals surface area contributed by atoms with Gasteiger partial charge in [-0.05, 0) is 43.4 Å². The summed E-state index contributed by atoms with van der Waals surface area (Å²) in [5, 5.41) is 6.31. The molecule has 1 aliphatic rings. The summed E-state index contributed by atoms with van der Waals surface area (Å²) in [6.45, 7) is 3.81. The maximum absolute atomic E-state index is 11.8. The third kappa shape index (κ3) is 3.49. The Hall–Kier alpha value is -1.51. The third-order valence-electron chi connectivity index (χ3n) is 3.48. The minimum atomic E-state index is 0.0177. The predicted octanol–water partition coefficient (Wildman–Crippen LogP) is 3.04. The molecular weight excluding hydrogens is 224 g/mol. The van der Waals surface area contributed by atoms with Crippen molar-refractivity contribution in [3.8, 4) is 0 Å². The van der Waals surface area contributed by atoms with Gasteiger partial charge in [0.1, 0.15) is 0 Å². The third-order valence-corrected chi connectivity index (χ3v) is 3.48. The first-order valence-corrected chi connectivity index (χ1v) is 6.91. The van der Waals surface area contributed by atoms with Crippen molar-refractivity contribution in [3.63, 3.8) is 0 Å². The van der Waals surface area contributed by atoms with Gasteiger partial charge in [0, 0.05) is 24.3 Å². The van der Waals surface area contributed by atoms with Gasteiger partial charge in [-0.15, -0.1) is 0 Å². The number of carbonyl (C=O) groups is 1.